The van der Waals surface area contributed by atoms with Gasteiger partial charge < -0.3 is 19.7 Å². The van der Waals surface area contributed by atoms with Crippen LogP contribution >= 0.6 is 12.2 Å². The first kappa shape index (κ1) is 20.0. The number of aromatic nitrogens is 2. The van der Waals surface area contributed by atoms with E-state index in [0.717, 1.165) is 74.5 Å². The van der Waals surface area contributed by atoms with E-state index in [1.54, 1.807) is 0 Å². The molecule has 3 heterocycles. The number of nitrogens with one attached hydrogen (secondary N) is 1. The molecule has 1 saturated heterocycles. The van der Waals surface area contributed by atoms with Gasteiger partial charge in [-0.3, -0.25) is 9.58 Å². The molecule has 7 nitrogen and oxygen atoms in total. The van der Waals surface area contributed by atoms with Crippen molar-refractivity contribution in [3.05, 3.63) is 41.2 Å². The topological polar surface area (TPSA) is 54.8 Å². The molecule has 0 unspecified atom stereocenters. The Balaban J connectivity index is 1.16. The fourth-order valence-corrected chi connectivity index (χ4v) is 4.13. The quantitative estimate of drug-likeness (QED) is 0.574. The number of rotatable bonds is 6. The molecular formula is C21H29N5O2S. The van der Waals surface area contributed by atoms with Crippen molar-refractivity contribution >= 4 is 17.3 Å². The average Bonchev–Trinajstić information content (AvgIpc) is 3.30. The molecule has 1 aromatic heterocycles. The third-order valence-corrected chi connectivity index (χ3v) is 5.83. The van der Waals surface area contributed by atoms with Gasteiger partial charge in [-0.1, -0.05) is 6.07 Å². The van der Waals surface area contributed by atoms with Crippen LogP contribution in [0.2, 0.25) is 0 Å². The van der Waals surface area contributed by atoms with Gasteiger partial charge in [-0.15, -0.1) is 0 Å². The largest absolute Gasteiger partial charge is 0.454 e. The molecule has 0 radical (unpaired) electrons. The highest BCUT2D eigenvalue weighted by Gasteiger charge is 2.20. The fourth-order valence-electron chi connectivity index (χ4n) is 3.84. The van der Waals surface area contributed by atoms with E-state index < -0.39 is 0 Å². The van der Waals surface area contributed by atoms with Crippen molar-refractivity contribution in [1.29, 1.82) is 0 Å². The fraction of sp³-hybridized carbons (Fsp3) is 0.524. The Bertz CT molecular complexity index is 861. The molecule has 2 aromatic rings. The number of piperazine rings is 1. The summed E-state index contributed by atoms with van der Waals surface area (Å²) in [4.78, 5) is 4.73. The lowest BCUT2D eigenvalue weighted by molar-refractivity contribution is 0.172. The molecule has 29 heavy (non-hydrogen) atoms. The normalized spacial score (nSPS) is 16.3. The van der Waals surface area contributed by atoms with Gasteiger partial charge in [0.05, 0.1) is 5.69 Å². The van der Waals surface area contributed by atoms with E-state index in [4.69, 9.17) is 21.7 Å². The highest BCUT2D eigenvalue weighted by atomic mass is 32.1. The summed E-state index contributed by atoms with van der Waals surface area (Å²) in [5, 5.41) is 8.77. The molecule has 4 rings (SSSR count). The molecule has 1 N–H and O–H groups in total. The molecule has 0 atom stereocenters. The molecule has 2 aliphatic heterocycles. The van der Waals surface area contributed by atoms with Crippen molar-refractivity contribution in [1.82, 2.24) is 24.9 Å². The van der Waals surface area contributed by atoms with Crippen LogP contribution in [0.4, 0.5) is 0 Å². The number of aryl methyl sites for hydroxylation is 3. The summed E-state index contributed by atoms with van der Waals surface area (Å²) in [5.41, 5.74) is 3.54. The molecule has 156 valence electrons. The van der Waals surface area contributed by atoms with E-state index in [1.807, 2.05) is 13.0 Å². The Kier molecular flexibility index (Phi) is 6.20. The van der Waals surface area contributed by atoms with E-state index in [0.29, 0.717) is 6.79 Å². The van der Waals surface area contributed by atoms with E-state index in [2.05, 4.69) is 50.0 Å². The Hall–Kier alpha value is -2.32. The minimum absolute atomic E-state index is 0.323. The predicted octanol–water partition coefficient (Wildman–Crippen LogP) is 2.31. The van der Waals surface area contributed by atoms with Crippen LogP contribution < -0.4 is 14.8 Å². The first-order valence-electron chi connectivity index (χ1n) is 10.2. The minimum Gasteiger partial charge on any atom is -0.454 e. The van der Waals surface area contributed by atoms with E-state index in [-0.39, 0.29) is 0 Å². The minimum atomic E-state index is 0.323. The van der Waals surface area contributed by atoms with Crippen molar-refractivity contribution in [3.63, 3.8) is 0 Å². The lowest BCUT2D eigenvalue weighted by Crippen LogP contribution is -2.51. The van der Waals surface area contributed by atoms with Crippen LogP contribution in [0.25, 0.3) is 0 Å². The van der Waals surface area contributed by atoms with Gasteiger partial charge in [0.1, 0.15) is 0 Å². The lowest BCUT2D eigenvalue weighted by atomic mass is 10.1. The Labute approximate surface area is 177 Å². The first-order valence-corrected chi connectivity index (χ1v) is 10.6. The number of hydrogen-bond donors (Lipinski definition) is 1. The van der Waals surface area contributed by atoms with Crippen molar-refractivity contribution in [2.24, 2.45) is 0 Å². The van der Waals surface area contributed by atoms with Crippen LogP contribution in [0.5, 0.6) is 11.5 Å². The Morgan fingerprint density at radius 1 is 1.10 bits per heavy atom. The zero-order valence-corrected chi connectivity index (χ0v) is 18.0. The average molecular weight is 416 g/mol. The lowest BCUT2D eigenvalue weighted by Gasteiger charge is -2.36. The summed E-state index contributed by atoms with van der Waals surface area (Å²) in [5.74, 6) is 1.69. The summed E-state index contributed by atoms with van der Waals surface area (Å²) in [7, 11) is 0. The third-order valence-electron chi connectivity index (χ3n) is 5.43. The second-order valence-corrected chi connectivity index (χ2v) is 8.07. The molecule has 1 fully saturated rings. The number of hydrogen-bond acceptors (Lipinski definition) is 5. The summed E-state index contributed by atoms with van der Waals surface area (Å²) in [6.45, 7) is 11.1. The van der Waals surface area contributed by atoms with E-state index in [9.17, 15) is 0 Å². The van der Waals surface area contributed by atoms with Gasteiger partial charge in [0, 0.05) is 51.5 Å². The van der Waals surface area contributed by atoms with Crippen molar-refractivity contribution < 1.29 is 9.47 Å². The molecule has 0 bridgehead atoms. The molecule has 2 aliphatic rings. The van der Waals surface area contributed by atoms with Gasteiger partial charge in [-0.2, -0.15) is 5.10 Å². The molecular weight excluding hydrogens is 386 g/mol. The summed E-state index contributed by atoms with van der Waals surface area (Å²) in [6, 6.07) is 8.32. The number of nitrogens with zero attached hydrogens (tertiary/aromatic N) is 4. The van der Waals surface area contributed by atoms with Gasteiger partial charge in [0.15, 0.2) is 16.6 Å². The summed E-state index contributed by atoms with van der Waals surface area (Å²) in [6.07, 6.45) is 1.01. The maximum atomic E-state index is 5.60. The van der Waals surface area contributed by atoms with Crippen LogP contribution in [0.1, 0.15) is 23.4 Å². The Morgan fingerprint density at radius 2 is 1.90 bits per heavy atom. The second-order valence-electron chi connectivity index (χ2n) is 7.69. The Morgan fingerprint density at radius 3 is 2.66 bits per heavy atom. The zero-order valence-electron chi connectivity index (χ0n) is 17.2. The summed E-state index contributed by atoms with van der Waals surface area (Å²) < 4.78 is 12.9. The number of benzene rings is 1. The molecule has 8 heteroatoms. The van der Waals surface area contributed by atoms with Crippen molar-refractivity contribution in [2.75, 3.05) is 39.5 Å². The molecule has 0 aliphatic carbocycles. The third kappa shape index (κ3) is 5.00. The zero-order chi connectivity index (χ0) is 20.2. The first-order chi connectivity index (χ1) is 14.1. The van der Waals surface area contributed by atoms with Gasteiger partial charge in [0.25, 0.3) is 0 Å². The van der Waals surface area contributed by atoms with Crippen LogP contribution in [0, 0.1) is 13.8 Å². The number of thiocarbonyl (C=S) groups is 1. The maximum absolute atomic E-state index is 5.60. The SMILES string of the molecule is Cc1cc(C)n(CCCNC(=S)N2CCN(Cc3ccc4c(c3)OCO4)CC2)n1. The van der Waals surface area contributed by atoms with Crippen LogP contribution in [0.15, 0.2) is 24.3 Å². The van der Waals surface area contributed by atoms with Crippen molar-refractivity contribution in [3.8, 4) is 11.5 Å². The van der Waals surface area contributed by atoms with Crippen LogP contribution in [-0.4, -0.2) is 64.2 Å². The highest BCUT2D eigenvalue weighted by molar-refractivity contribution is 7.80. The van der Waals surface area contributed by atoms with Crippen LogP contribution in [0.3, 0.4) is 0 Å². The molecule has 0 saturated carbocycles. The highest BCUT2D eigenvalue weighted by Crippen LogP contribution is 2.32. The van der Waals surface area contributed by atoms with Crippen LogP contribution in [-0.2, 0) is 13.1 Å². The molecule has 0 spiro atoms. The smallest absolute Gasteiger partial charge is 0.231 e. The molecule has 1 aromatic carbocycles. The van der Waals surface area contributed by atoms with Gasteiger partial charge in [-0.05, 0) is 56.2 Å². The van der Waals surface area contributed by atoms with E-state index >= 15 is 0 Å². The molecule has 0 amide bonds. The van der Waals surface area contributed by atoms with E-state index in [1.165, 1.54) is 11.3 Å². The second kappa shape index (κ2) is 9.00. The standard InChI is InChI=1S/C21H29N5O2S/c1-16-12-17(2)26(23-16)7-3-6-22-21(29)25-10-8-24(9-11-25)14-18-4-5-19-20(13-18)28-15-27-19/h4-5,12-13H,3,6-11,14-15H2,1-2H3,(H,22,29). The van der Waals surface area contributed by atoms with Gasteiger partial charge >= 0.3 is 0 Å². The number of ether oxygens (including phenoxy) is 2. The van der Waals surface area contributed by atoms with Gasteiger partial charge in [0.2, 0.25) is 6.79 Å². The summed E-state index contributed by atoms with van der Waals surface area (Å²) >= 11 is 5.60. The predicted molar refractivity (Wildman–Crippen MR) is 116 cm³/mol. The monoisotopic (exact) mass is 415 g/mol. The maximum Gasteiger partial charge on any atom is 0.231 e. The van der Waals surface area contributed by atoms with Crippen molar-refractivity contribution in [2.45, 2.75) is 33.4 Å². The van der Waals surface area contributed by atoms with Gasteiger partial charge in [-0.25, -0.2) is 0 Å². The number of fused-ring (bicyclic) bond motifs is 1.